The summed E-state index contributed by atoms with van der Waals surface area (Å²) in [5, 5.41) is 19.4. The van der Waals surface area contributed by atoms with Gasteiger partial charge in [-0.3, -0.25) is 24.0 Å². The van der Waals surface area contributed by atoms with E-state index in [0.717, 1.165) is 25.9 Å². The molecule has 0 aromatic rings. The number of Topliss-reactive ketones (excluding diaryl/α,β-unsaturated/α-hetero) is 3. The van der Waals surface area contributed by atoms with Crippen LogP contribution >= 0.6 is 0 Å². The summed E-state index contributed by atoms with van der Waals surface area (Å²) in [6.07, 6.45) is 8.79. The zero-order valence-corrected chi connectivity index (χ0v) is 63.3. The third kappa shape index (κ3) is 67.3. The molecule has 0 aromatic heterocycles. The highest BCUT2D eigenvalue weighted by Gasteiger charge is 2.33. The summed E-state index contributed by atoms with van der Waals surface area (Å²) in [7, 11) is 0. The molecule has 578 valence electrons. The van der Waals surface area contributed by atoms with Crippen LogP contribution in [0.1, 0.15) is 192 Å². The molecule has 2 atom stereocenters. The molecule has 0 saturated carbocycles. The van der Waals surface area contributed by atoms with E-state index in [9.17, 15) is 29.1 Å². The molecule has 0 heterocycles. The lowest BCUT2D eigenvalue weighted by molar-refractivity contribution is -0.131. The third-order valence-corrected chi connectivity index (χ3v) is 14.8. The number of aliphatic hydroxyl groups excluding tert-OH is 1. The minimum absolute atomic E-state index is 0.0836. The number of hydrogen-bond donors (Lipinski definition) is 4. The van der Waals surface area contributed by atoms with Gasteiger partial charge in [0.05, 0.1) is 125 Å². The SMILES string of the molecule is C=C(CCCNC(=O)C(NC(=O)CC(C)C)C(C)O)NC(COCCCOCCC(=O)CCCOCCOCCOCCC(C)C)(COCCCOCCC(=O)CCCOCCOCCOCCC(C)(C)C)COCCCOCCC(=O)CCCOCCOCCOCCC(C)(C)C. The minimum atomic E-state index is -1.10. The van der Waals surface area contributed by atoms with Crippen LogP contribution in [-0.2, 0) is 95.0 Å². The lowest BCUT2D eigenvalue weighted by atomic mass is 9.93. The number of hydrogen-bond acceptors (Lipinski definition) is 22. The van der Waals surface area contributed by atoms with Crippen LogP contribution < -0.4 is 16.0 Å². The number of aliphatic hydroxyl groups is 1. The van der Waals surface area contributed by atoms with E-state index >= 15 is 0 Å². The normalized spacial score (nSPS) is 12.8. The Labute approximate surface area is 592 Å². The van der Waals surface area contributed by atoms with Gasteiger partial charge in [0, 0.05) is 136 Å². The molecule has 0 bridgehead atoms. The van der Waals surface area contributed by atoms with E-state index in [1.54, 1.807) is 0 Å². The average Bonchev–Trinajstić information content (AvgIpc) is 0.897. The van der Waals surface area contributed by atoms with Gasteiger partial charge < -0.3 is 92.1 Å². The van der Waals surface area contributed by atoms with Gasteiger partial charge in [-0.05, 0) is 100 Å². The van der Waals surface area contributed by atoms with E-state index in [1.807, 2.05) is 13.8 Å². The predicted molar refractivity (Wildman–Crippen MR) is 381 cm³/mol. The summed E-state index contributed by atoms with van der Waals surface area (Å²) in [6.45, 7) is 40.6. The van der Waals surface area contributed by atoms with E-state index in [2.05, 4.69) is 77.9 Å². The zero-order valence-electron chi connectivity index (χ0n) is 63.3. The van der Waals surface area contributed by atoms with Crippen LogP contribution in [-0.4, -0.2) is 257 Å². The van der Waals surface area contributed by atoms with Gasteiger partial charge in [-0.15, -0.1) is 0 Å². The van der Waals surface area contributed by atoms with Crippen molar-refractivity contribution < 1.29 is 100 Å². The van der Waals surface area contributed by atoms with E-state index in [-0.39, 0.29) is 72.8 Å². The highest BCUT2D eigenvalue weighted by Crippen LogP contribution is 2.19. The number of amides is 2. The second kappa shape index (κ2) is 64.7. The largest absolute Gasteiger partial charge is 0.391 e. The van der Waals surface area contributed by atoms with Crippen LogP contribution in [0.5, 0.6) is 0 Å². The van der Waals surface area contributed by atoms with Crippen LogP contribution in [0.2, 0.25) is 0 Å². The molecule has 0 spiro atoms. The second-order valence-electron chi connectivity index (χ2n) is 28.3. The van der Waals surface area contributed by atoms with Gasteiger partial charge in [0.2, 0.25) is 11.8 Å². The van der Waals surface area contributed by atoms with Crippen molar-refractivity contribution in [1.82, 2.24) is 16.0 Å². The van der Waals surface area contributed by atoms with Crippen LogP contribution in [0, 0.1) is 22.7 Å². The smallest absolute Gasteiger partial charge is 0.245 e. The molecule has 0 aliphatic heterocycles. The van der Waals surface area contributed by atoms with Gasteiger partial charge in [-0.25, -0.2) is 0 Å². The van der Waals surface area contributed by atoms with Gasteiger partial charge in [-0.2, -0.15) is 0 Å². The van der Waals surface area contributed by atoms with Crippen LogP contribution in [0.4, 0.5) is 0 Å². The van der Waals surface area contributed by atoms with Gasteiger partial charge in [0.1, 0.15) is 28.9 Å². The molecule has 0 aliphatic rings. The molecular weight excluding hydrogens is 1270 g/mol. The van der Waals surface area contributed by atoms with Crippen LogP contribution in [0.25, 0.3) is 0 Å². The molecule has 4 N–H and O–H groups in total. The third-order valence-electron chi connectivity index (χ3n) is 14.8. The van der Waals surface area contributed by atoms with Crippen molar-refractivity contribution in [1.29, 1.82) is 0 Å². The van der Waals surface area contributed by atoms with Crippen LogP contribution in [0.15, 0.2) is 12.3 Å². The molecule has 24 nitrogen and oxygen atoms in total. The van der Waals surface area contributed by atoms with Gasteiger partial charge in [-0.1, -0.05) is 75.8 Å². The monoisotopic (exact) mass is 1410 g/mol. The average molecular weight is 1410 g/mol. The molecule has 98 heavy (non-hydrogen) atoms. The first-order valence-corrected chi connectivity index (χ1v) is 36.9. The molecule has 0 radical (unpaired) electrons. The predicted octanol–water partition coefficient (Wildman–Crippen LogP) is 9.19. The number of ketones is 3. The summed E-state index contributed by atoms with van der Waals surface area (Å²) in [5.41, 5.74) is 0.200. The maximum absolute atomic E-state index is 13.1. The second-order valence-corrected chi connectivity index (χ2v) is 28.3. The lowest BCUT2D eigenvalue weighted by Crippen LogP contribution is -2.56. The van der Waals surface area contributed by atoms with Crippen molar-refractivity contribution in [3.63, 3.8) is 0 Å². The van der Waals surface area contributed by atoms with E-state index in [0.29, 0.717) is 273 Å². The van der Waals surface area contributed by atoms with E-state index in [4.69, 9.17) is 71.1 Å². The van der Waals surface area contributed by atoms with Crippen molar-refractivity contribution in [3.8, 4) is 0 Å². The highest BCUT2D eigenvalue weighted by atomic mass is 16.6. The van der Waals surface area contributed by atoms with Crippen molar-refractivity contribution in [2.45, 2.75) is 209 Å². The molecule has 0 aliphatic carbocycles. The summed E-state index contributed by atoms with van der Waals surface area (Å²) < 4.78 is 87.0. The number of allylic oxidation sites excluding steroid dienone is 1. The van der Waals surface area contributed by atoms with Crippen LogP contribution in [0.3, 0.4) is 0 Å². The van der Waals surface area contributed by atoms with Crippen molar-refractivity contribution in [2.75, 3.05) is 205 Å². The fourth-order valence-corrected chi connectivity index (χ4v) is 8.95. The first-order valence-electron chi connectivity index (χ1n) is 36.9. The Hall–Kier alpha value is -3.15. The Bertz CT molecular complexity index is 1850. The Kier molecular flexibility index (Phi) is 62.6. The molecule has 2 amide bonds. The Balaban J connectivity index is 5.49. The molecule has 0 aromatic carbocycles. The molecular formula is C74H141N3O21. The number of ether oxygens (including phenoxy) is 15. The number of carbonyl (C=O) groups is 5. The fraction of sp³-hybridized carbons (Fsp3) is 0.905. The number of nitrogens with one attached hydrogen (secondary N) is 3. The molecule has 0 rings (SSSR count). The summed E-state index contributed by atoms with van der Waals surface area (Å²) in [6, 6.07) is -1.10. The maximum atomic E-state index is 13.1. The first kappa shape index (κ1) is 94.8. The first-order chi connectivity index (χ1) is 46.9. The van der Waals surface area contributed by atoms with Gasteiger partial charge in [0.25, 0.3) is 0 Å². The Morgan fingerprint density at radius 3 is 1.02 bits per heavy atom. The van der Waals surface area contributed by atoms with Gasteiger partial charge in [0.15, 0.2) is 0 Å². The highest BCUT2D eigenvalue weighted by molar-refractivity contribution is 5.88. The summed E-state index contributed by atoms with van der Waals surface area (Å²) >= 11 is 0. The van der Waals surface area contributed by atoms with Crippen molar-refractivity contribution in [3.05, 3.63) is 12.3 Å². The lowest BCUT2D eigenvalue weighted by Gasteiger charge is -2.36. The molecule has 24 heteroatoms. The topological polar surface area (TPSA) is 280 Å². The number of rotatable bonds is 75. The van der Waals surface area contributed by atoms with Gasteiger partial charge >= 0.3 is 0 Å². The standard InChI is InChI=1S/C74H141N3O21/c1-62(2)24-40-90-49-55-93-52-46-87-31-14-21-66(79)25-41-84-34-17-37-96-59-74(77-64(5)20-13-30-75-71(83)70(65(6)78)76-69(82)58-63(3)4,60-97-38-18-35-85-42-26-67(80)22-15-32-88-47-53-94-56-50-91-44-28-72(7,8)9)61-98-39-19-36-86-43-27-68(81)23-16-33-89-48-54-95-57-51-92-45-29-73(10,11)12/h62-63,65,70,77-78H,5,13-61H2,1-4,6-12H3,(H,75,83)(H,76,82). The Morgan fingerprint density at radius 2 is 0.684 bits per heavy atom. The molecule has 2 unspecified atom stereocenters. The fourth-order valence-electron chi connectivity index (χ4n) is 8.95. The number of carbonyl (C=O) groups excluding carboxylic acids is 5. The minimum Gasteiger partial charge on any atom is -0.391 e. The van der Waals surface area contributed by atoms with E-state index in [1.165, 1.54) is 6.92 Å². The molecule has 0 saturated heterocycles. The Morgan fingerprint density at radius 1 is 0.367 bits per heavy atom. The molecule has 0 fully saturated rings. The maximum Gasteiger partial charge on any atom is 0.245 e. The quantitative estimate of drug-likeness (QED) is 0.0413. The summed E-state index contributed by atoms with van der Waals surface area (Å²) in [5.74, 6) is 0.232. The van der Waals surface area contributed by atoms with Crippen molar-refractivity contribution in [2.24, 2.45) is 22.7 Å². The van der Waals surface area contributed by atoms with E-state index < -0.39 is 23.6 Å². The summed E-state index contributed by atoms with van der Waals surface area (Å²) in [4.78, 5) is 63.4. The zero-order chi connectivity index (χ0) is 72.6. The van der Waals surface area contributed by atoms with Crippen molar-refractivity contribution >= 4 is 29.2 Å².